The third-order valence-corrected chi connectivity index (χ3v) is 5.98. The Balaban J connectivity index is 1.71. The molecule has 1 atom stereocenters. The van der Waals surface area contributed by atoms with E-state index in [0.29, 0.717) is 0 Å². The van der Waals surface area contributed by atoms with Gasteiger partial charge in [-0.1, -0.05) is 42.5 Å². The van der Waals surface area contributed by atoms with Crippen molar-refractivity contribution in [3.05, 3.63) is 72.3 Å². The summed E-state index contributed by atoms with van der Waals surface area (Å²) in [6.07, 6.45) is 1.58. The molecule has 0 aromatic heterocycles. The molecule has 3 rings (SSSR count). The fraction of sp³-hybridized carbons (Fsp3) is 0.238. The molecule has 3 aromatic rings. The van der Waals surface area contributed by atoms with Crippen LogP contribution in [0.15, 0.2) is 71.6 Å². The van der Waals surface area contributed by atoms with Gasteiger partial charge in [0.05, 0.1) is 12.0 Å². The number of hydrogen-bond donors (Lipinski definition) is 1. The Morgan fingerprint density at radius 3 is 2.38 bits per heavy atom. The van der Waals surface area contributed by atoms with E-state index in [0.717, 1.165) is 29.4 Å². The Kier molecular flexibility index (Phi) is 5.59. The van der Waals surface area contributed by atoms with Crippen LogP contribution in [0.4, 0.5) is 0 Å². The minimum atomic E-state index is -3.55. The fourth-order valence-electron chi connectivity index (χ4n) is 2.92. The van der Waals surface area contributed by atoms with Crippen LogP contribution in [-0.2, 0) is 16.4 Å². The molecule has 3 aromatic carbocycles. The first-order valence-electron chi connectivity index (χ1n) is 8.62. The summed E-state index contributed by atoms with van der Waals surface area (Å²) in [7, 11) is -1.94. The maximum absolute atomic E-state index is 12.7. The van der Waals surface area contributed by atoms with E-state index < -0.39 is 10.0 Å². The number of fused-ring (bicyclic) bond motifs is 1. The highest BCUT2D eigenvalue weighted by atomic mass is 32.2. The SMILES string of the molecule is COc1ccc2cc(S(=O)(=O)N[C@H](C)CCc3ccccc3)ccc2c1. The van der Waals surface area contributed by atoms with Gasteiger partial charge in [0.2, 0.25) is 10.0 Å². The molecule has 0 unspecified atom stereocenters. The molecule has 0 spiro atoms. The van der Waals surface area contributed by atoms with E-state index in [1.54, 1.807) is 25.3 Å². The first kappa shape index (κ1) is 18.4. The highest BCUT2D eigenvalue weighted by molar-refractivity contribution is 7.89. The van der Waals surface area contributed by atoms with Gasteiger partial charge in [-0.2, -0.15) is 0 Å². The largest absolute Gasteiger partial charge is 0.497 e. The van der Waals surface area contributed by atoms with Crippen molar-refractivity contribution in [3.8, 4) is 5.75 Å². The molecule has 0 aliphatic carbocycles. The van der Waals surface area contributed by atoms with E-state index in [1.807, 2.05) is 43.3 Å². The fourth-order valence-corrected chi connectivity index (χ4v) is 4.23. The summed E-state index contributed by atoms with van der Waals surface area (Å²) in [5.41, 5.74) is 1.21. The van der Waals surface area contributed by atoms with Crippen LogP contribution in [0.2, 0.25) is 0 Å². The maximum Gasteiger partial charge on any atom is 0.240 e. The summed E-state index contributed by atoms with van der Waals surface area (Å²) in [5, 5.41) is 1.81. The van der Waals surface area contributed by atoms with Gasteiger partial charge in [-0.25, -0.2) is 13.1 Å². The van der Waals surface area contributed by atoms with Crippen molar-refractivity contribution in [1.82, 2.24) is 4.72 Å². The van der Waals surface area contributed by atoms with Gasteiger partial charge in [-0.3, -0.25) is 0 Å². The third kappa shape index (κ3) is 4.42. The Morgan fingerprint density at radius 2 is 1.65 bits per heavy atom. The zero-order valence-electron chi connectivity index (χ0n) is 15.0. The minimum absolute atomic E-state index is 0.147. The van der Waals surface area contributed by atoms with Gasteiger partial charge in [-0.15, -0.1) is 0 Å². The average molecular weight is 369 g/mol. The van der Waals surface area contributed by atoms with Crippen LogP contribution in [0.1, 0.15) is 18.9 Å². The van der Waals surface area contributed by atoms with E-state index in [2.05, 4.69) is 16.9 Å². The predicted molar refractivity (Wildman–Crippen MR) is 105 cm³/mol. The molecule has 4 nitrogen and oxygen atoms in total. The average Bonchev–Trinajstić information content (AvgIpc) is 2.66. The molecule has 26 heavy (non-hydrogen) atoms. The first-order valence-corrected chi connectivity index (χ1v) is 10.1. The van der Waals surface area contributed by atoms with Crippen LogP contribution >= 0.6 is 0 Å². The van der Waals surface area contributed by atoms with Gasteiger partial charge < -0.3 is 4.74 Å². The lowest BCUT2D eigenvalue weighted by Crippen LogP contribution is -2.32. The molecule has 0 aliphatic heterocycles. The molecular weight excluding hydrogens is 346 g/mol. The Bertz CT molecular complexity index is 985. The lowest BCUT2D eigenvalue weighted by Gasteiger charge is -2.15. The summed E-state index contributed by atoms with van der Waals surface area (Å²) in [6.45, 7) is 1.90. The topological polar surface area (TPSA) is 55.4 Å². The third-order valence-electron chi connectivity index (χ3n) is 4.39. The number of nitrogens with one attached hydrogen (secondary N) is 1. The van der Waals surface area contributed by atoms with Crippen molar-refractivity contribution >= 4 is 20.8 Å². The van der Waals surface area contributed by atoms with Crippen molar-refractivity contribution in [2.24, 2.45) is 0 Å². The molecule has 0 fully saturated rings. The molecule has 5 heteroatoms. The minimum Gasteiger partial charge on any atom is -0.497 e. The summed E-state index contributed by atoms with van der Waals surface area (Å²) in [5.74, 6) is 0.751. The first-order chi connectivity index (χ1) is 12.5. The second kappa shape index (κ2) is 7.89. The molecular formula is C21H23NO3S. The summed E-state index contributed by atoms with van der Waals surface area (Å²) < 4.78 is 33.4. The summed E-state index contributed by atoms with van der Waals surface area (Å²) in [4.78, 5) is 0.279. The quantitative estimate of drug-likeness (QED) is 0.681. The highest BCUT2D eigenvalue weighted by Gasteiger charge is 2.17. The Hall–Kier alpha value is -2.37. The second-order valence-corrected chi connectivity index (χ2v) is 8.14. The Labute approximate surface area is 154 Å². The van der Waals surface area contributed by atoms with Gasteiger partial charge in [-0.05, 0) is 60.4 Å². The maximum atomic E-state index is 12.7. The number of benzene rings is 3. The molecule has 1 N–H and O–H groups in total. The van der Waals surface area contributed by atoms with Crippen molar-refractivity contribution in [3.63, 3.8) is 0 Å². The predicted octanol–water partition coefficient (Wildman–Crippen LogP) is 4.15. The summed E-state index contributed by atoms with van der Waals surface area (Å²) >= 11 is 0. The highest BCUT2D eigenvalue weighted by Crippen LogP contribution is 2.23. The monoisotopic (exact) mass is 369 g/mol. The second-order valence-electron chi connectivity index (χ2n) is 6.42. The zero-order chi connectivity index (χ0) is 18.6. The molecule has 0 saturated carbocycles. The van der Waals surface area contributed by atoms with E-state index in [1.165, 1.54) is 5.56 Å². The number of methoxy groups -OCH3 is 1. The van der Waals surface area contributed by atoms with E-state index >= 15 is 0 Å². The molecule has 0 aliphatic rings. The number of ether oxygens (including phenoxy) is 1. The summed E-state index contributed by atoms with van der Waals surface area (Å²) in [6, 6.07) is 20.6. The molecule has 0 heterocycles. The van der Waals surface area contributed by atoms with Crippen molar-refractivity contribution < 1.29 is 13.2 Å². The molecule has 0 bridgehead atoms. The molecule has 0 amide bonds. The van der Waals surface area contributed by atoms with Gasteiger partial charge in [0, 0.05) is 6.04 Å². The standard InChI is InChI=1S/C21H23NO3S/c1-16(8-9-17-6-4-3-5-7-17)22-26(23,24)21-13-11-18-14-20(25-2)12-10-19(18)15-21/h3-7,10-16,22H,8-9H2,1-2H3/t16-/m1/s1. The lowest BCUT2D eigenvalue weighted by atomic mass is 10.1. The van der Waals surface area contributed by atoms with Crippen LogP contribution in [0.25, 0.3) is 10.8 Å². The molecule has 136 valence electrons. The lowest BCUT2D eigenvalue weighted by molar-refractivity contribution is 0.415. The number of sulfonamides is 1. The van der Waals surface area contributed by atoms with E-state index in [9.17, 15) is 8.42 Å². The van der Waals surface area contributed by atoms with Gasteiger partial charge >= 0.3 is 0 Å². The van der Waals surface area contributed by atoms with Crippen molar-refractivity contribution in [1.29, 1.82) is 0 Å². The van der Waals surface area contributed by atoms with E-state index in [4.69, 9.17) is 4.74 Å². The molecule has 0 radical (unpaired) electrons. The number of aryl methyl sites for hydroxylation is 1. The Morgan fingerprint density at radius 1 is 0.962 bits per heavy atom. The number of rotatable bonds is 7. The van der Waals surface area contributed by atoms with Gasteiger partial charge in [0.1, 0.15) is 5.75 Å². The van der Waals surface area contributed by atoms with Crippen molar-refractivity contribution in [2.75, 3.05) is 7.11 Å². The van der Waals surface area contributed by atoms with Crippen LogP contribution in [0, 0.1) is 0 Å². The van der Waals surface area contributed by atoms with Gasteiger partial charge in [0.15, 0.2) is 0 Å². The number of hydrogen-bond acceptors (Lipinski definition) is 3. The van der Waals surface area contributed by atoms with Crippen LogP contribution in [0.5, 0.6) is 5.75 Å². The van der Waals surface area contributed by atoms with Crippen LogP contribution in [0.3, 0.4) is 0 Å². The zero-order valence-corrected chi connectivity index (χ0v) is 15.8. The van der Waals surface area contributed by atoms with E-state index in [-0.39, 0.29) is 10.9 Å². The van der Waals surface area contributed by atoms with Crippen LogP contribution in [-0.4, -0.2) is 21.6 Å². The van der Waals surface area contributed by atoms with Gasteiger partial charge in [0.25, 0.3) is 0 Å². The van der Waals surface area contributed by atoms with Crippen molar-refractivity contribution in [2.45, 2.75) is 30.7 Å². The smallest absolute Gasteiger partial charge is 0.240 e. The normalized spacial score (nSPS) is 12.8. The molecule has 0 saturated heterocycles. The van der Waals surface area contributed by atoms with Crippen LogP contribution < -0.4 is 9.46 Å².